The Morgan fingerprint density at radius 3 is 2.50 bits per heavy atom. The molecule has 0 bridgehead atoms. The quantitative estimate of drug-likeness (QED) is 0.419. The summed E-state index contributed by atoms with van der Waals surface area (Å²) in [6.45, 7) is 3.42. The van der Waals surface area contributed by atoms with E-state index in [1.807, 2.05) is 59.4 Å². The van der Waals surface area contributed by atoms with E-state index in [2.05, 4.69) is 39.9 Å². The number of aromatic nitrogens is 4. The lowest BCUT2D eigenvalue weighted by Crippen LogP contribution is -2.20. The van der Waals surface area contributed by atoms with Crippen LogP contribution in [0.15, 0.2) is 73.1 Å². The fourth-order valence-electron chi connectivity index (χ4n) is 3.07. The minimum atomic E-state index is 0.378. The molecule has 2 heterocycles. The van der Waals surface area contributed by atoms with Gasteiger partial charge in [-0.1, -0.05) is 66.2 Å². The first-order valence-corrected chi connectivity index (χ1v) is 10.3. The third kappa shape index (κ3) is 5.06. The Hall–Kier alpha value is -3.16. The van der Waals surface area contributed by atoms with Gasteiger partial charge in [0.1, 0.15) is 5.02 Å². The number of anilines is 2. The second-order valence-electron chi connectivity index (χ2n) is 6.91. The van der Waals surface area contributed by atoms with Crippen molar-refractivity contribution in [1.29, 1.82) is 0 Å². The molecule has 30 heavy (non-hydrogen) atoms. The summed E-state index contributed by atoms with van der Waals surface area (Å²) in [6.07, 6.45) is 3.69. The van der Waals surface area contributed by atoms with Crippen LogP contribution in [-0.2, 0) is 13.1 Å². The van der Waals surface area contributed by atoms with Gasteiger partial charge in [0.25, 0.3) is 0 Å². The lowest BCUT2D eigenvalue weighted by molar-refractivity contribution is 0.687. The average molecular weight is 437 g/mol. The van der Waals surface area contributed by atoms with Crippen molar-refractivity contribution in [2.45, 2.75) is 20.0 Å². The minimum absolute atomic E-state index is 0.378. The van der Waals surface area contributed by atoms with Crippen LogP contribution in [0.25, 0.3) is 0 Å². The number of benzene rings is 2. The second kappa shape index (κ2) is 9.11. The summed E-state index contributed by atoms with van der Waals surface area (Å²) in [7, 11) is 0. The molecule has 2 aromatic carbocycles. The standard InChI is InChI=1S/C22H21ClN6S/c1-16-7-5-6-10-18(16)14-28-12-11-20(26-28)24-22(30)25-21-19(23)15-29(27-21)13-17-8-3-2-4-9-17/h2-12,15H,13-14H2,1H3,(H2,24,25,26,27,30). The maximum Gasteiger partial charge on any atom is 0.177 e. The smallest absolute Gasteiger partial charge is 0.177 e. The number of nitrogens with one attached hydrogen (secondary N) is 2. The van der Waals surface area contributed by atoms with E-state index in [1.165, 1.54) is 11.1 Å². The normalized spacial score (nSPS) is 10.7. The molecule has 0 saturated carbocycles. The fourth-order valence-corrected chi connectivity index (χ4v) is 3.47. The van der Waals surface area contributed by atoms with Gasteiger partial charge in [-0.3, -0.25) is 9.36 Å². The van der Waals surface area contributed by atoms with Crippen LogP contribution in [0.2, 0.25) is 5.02 Å². The average Bonchev–Trinajstić information content (AvgIpc) is 3.30. The third-order valence-corrected chi connectivity index (χ3v) is 5.09. The van der Waals surface area contributed by atoms with E-state index in [-0.39, 0.29) is 0 Å². The zero-order valence-electron chi connectivity index (χ0n) is 16.4. The number of hydrogen-bond donors (Lipinski definition) is 2. The second-order valence-corrected chi connectivity index (χ2v) is 7.73. The molecule has 0 unspecified atom stereocenters. The monoisotopic (exact) mass is 436 g/mol. The van der Waals surface area contributed by atoms with Crippen molar-refractivity contribution in [3.05, 3.63) is 94.8 Å². The lowest BCUT2D eigenvalue weighted by Gasteiger charge is -2.07. The van der Waals surface area contributed by atoms with Crippen molar-refractivity contribution in [3.8, 4) is 0 Å². The van der Waals surface area contributed by atoms with Gasteiger partial charge in [0.2, 0.25) is 0 Å². The van der Waals surface area contributed by atoms with Gasteiger partial charge in [0.05, 0.1) is 13.1 Å². The van der Waals surface area contributed by atoms with Gasteiger partial charge >= 0.3 is 0 Å². The van der Waals surface area contributed by atoms with Gasteiger partial charge in [0, 0.05) is 18.5 Å². The molecule has 0 atom stereocenters. The summed E-state index contributed by atoms with van der Waals surface area (Å²) in [5, 5.41) is 16.0. The summed E-state index contributed by atoms with van der Waals surface area (Å²) in [4.78, 5) is 0. The predicted octanol–water partition coefficient (Wildman–Crippen LogP) is 4.95. The van der Waals surface area contributed by atoms with Crippen molar-refractivity contribution in [3.63, 3.8) is 0 Å². The molecule has 0 aliphatic heterocycles. The number of rotatable bonds is 6. The van der Waals surface area contributed by atoms with Crippen molar-refractivity contribution in [2.24, 2.45) is 0 Å². The predicted molar refractivity (Wildman–Crippen MR) is 125 cm³/mol. The molecule has 0 fully saturated rings. The Balaban J connectivity index is 1.36. The molecule has 0 saturated heterocycles. The van der Waals surface area contributed by atoms with Crippen molar-refractivity contribution < 1.29 is 0 Å². The summed E-state index contributed by atoms with van der Waals surface area (Å²) >= 11 is 11.7. The Kier molecular flexibility index (Phi) is 6.11. The van der Waals surface area contributed by atoms with Gasteiger partial charge in [0.15, 0.2) is 16.7 Å². The maximum absolute atomic E-state index is 6.31. The molecular formula is C22H21ClN6S. The van der Waals surface area contributed by atoms with Gasteiger partial charge in [-0.15, -0.1) is 0 Å². The molecule has 0 aliphatic rings. The van der Waals surface area contributed by atoms with E-state index in [0.29, 0.717) is 34.9 Å². The zero-order valence-corrected chi connectivity index (χ0v) is 18.0. The van der Waals surface area contributed by atoms with Gasteiger partial charge in [-0.05, 0) is 35.8 Å². The zero-order chi connectivity index (χ0) is 20.9. The molecule has 4 aromatic rings. The Bertz CT molecular complexity index is 1150. The minimum Gasteiger partial charge on any atom is -0.316 e. The largest absolute Gasteiger partial charge is 0.316 e. The highest BCUT2D eigenvalue weighted by molar-refractivity contribution is 7.80. The Morgan fingerprint density at radius 2 is 1.70 bits per heavy atom. The van der Waals surface area contributed by atoms with Crippen molar-refractivity contribution in [1.82, 2.24) is 19.6 Å². The summed E-state index contributed by atoms with van der Waals surface area (Å²) in [6, 6.07) is 20.2. The van der Waals surface area contributed by atoms with Gasteiger partial charge < -0.3 is 10.6 Å². The number of halogens is 1. The fraction of sp³-hybridized carbons (Fsp3) is 0.136. The highest BCUT2D eigenvalue weighted by atomic mass is 35.5. The summed E-state index contributed by atoms with van der Waals surface area (Å²) < 4.78 is 3.65. The Morgan fingerprint density at radius 1 is 0.933 bits per heavy atom. The first-order chi connectivity index (χ1) is 14.6. The van der Waals surface area contributed by atoms with Gasteiger partial charge in [-0.25, -0.2) is 0 Å². The first-order valence-electron chi connectivity index (χ1n) is 9.49. The number of nitrogens with zero attached hydrogens (tertiary/aromatic N) is 4. The lowest BCUT2D eigenvalue weighted by atomic mass is 10.1. The number of thiocarbonyl (C=S) groups is 1. The molecule has 0 spiro atoms. The van der Waals surface area contributed by atoms with Crippen LogP contribution in [0.1, 0.15) is 16.7 Å². The van der Waals surface area contributed by atoms with Crippen LogP contribution >= 0.6 is 23.8 Å². The number of aryl methyl sites for hydroxylation is 1. The van der Waals surface area contributed by atoms with Crippen molar-refractivity contribution in [2.75, 3.05) is 10.6 Å². The SMILES string of the molecule is Cc1ccccc1Cn1ccc(NC(=S)Nc2nn(Cc3ccccc3)cc2Cl)n1. The molecule has 2 aromatic heterocycles. The van der Waals surface area contributed by atoms with Crippen LogP contribution in [0.4, 0.5) is 11.6 Å². The van der Waals surface area contributed by atoms with Crippen LogP contribution in [0.5, 0.6) is 0 Å². The molecular weight excluding hydrogens is 416 g/mol. The topological polar surface area (TPSA) is 59.7 Å². The maximum atomic E-state index is 6.31. The van der Waals surface area contributed by atoms with E-state index in [9.17, 15) is 0 Å². The third-order valence-electron chi connectivity index (χ3n) is 4.61. The van der Waals surface area contributed by atoms with E-state index < -0.39 is 0 Å². The molecule has 0 aliphatic carbocycles. The Labute approximate surface area is 185 Å². The molecule has 4 rings (SSSR count). The summed E-state index contributed by atoms with van der Waals surface area (Å²) in [5.41, 5.74) is 3.60. The highest BCUT2D eigenvalue weighted by Crippen LogP contribution is 2.20. The summed E-state index contributed by atoms with van der Waals surface area (Å²) in [5.74, 6) is 1.16. The van der Waals surface area contributed by atoms with E-state index in [0.717, 1.165) is 5.56 Å². The van der Waals surface area contributed by atoms with Crippen LogP contribution in [0, 0.1) is 6.92 Å². The number of hydrogen-bond acceptors (Lipinski definition) is 3. The first kappa shape index (κ1) is 20.1. The molecule has 0 radical (unpaired) electrons. The molecule has 8 heteroatoms. The molecule has 152 valence electrons. The van der Waals surface area contributed by atoms with E-state index >= 15 is 0 Å². The molecule has 0 amide bonds. The van der Waals surface area contributed by atoms with Crippen LogP contribution in [-0.4, -0.2) is 24.7 Å². The van der Waals surface area contributed by atoms with Crippen LogP contribution in [0.3, 0.4) is 0 Å². The van der Waals surface area contributed by atoms with Crippen molar-refractivity contribution >= 4 is 40.6 Å². The van der Waals surface area contributed by atoms with Crippen LogP contribution < -0.4 is 10.6 Å². The highest BCUT2D eigenvalue weighted by Gasteiger charge is 2.10. The van der Waals surface area contributed by atoms with E-state index in [1.54, 1.807) is 10.9 Å². The molecule has 2 N–H and O–H groups in total. The molecule has 6 nitrogen and oxygen atoms in total. The van der Waals surface area contributed by atoms with E-state index in [4.69, 9.17) is 23.8 Å². The van der Waals surface area contributed by atoms with Gasteiger partial charge in [-0.2, -0.15) is 10.2 Å².